The Morgan fingerprint density at radius 2 is 2.18 bits per heavy atom. The van der Waals surface area contributed by atoms with E-state index < -0.39 is 0 Å². The number of aryl methyl sites for hydroxylation is 1. The van der Waals surface area contributed by atoms with Gasteiger partial charge in [0, 0.05) is 40.4 Å². The van der Waals surface area contributed by atoms with E-state index in [0.717, 1.165) is 0 Å². The molecule has 1 aromatic rings. The zero-order valence-corrected chi connectivity index (χ0v) is 12.1. The Bertz CT molecular complexity index is 370. The monoisotopic (exact) mass is 268 g/mol. The standard InChI is InChI=1S/C13H20N2S2/c1-3-11-13(17-5-4-16-11)12(14)10-6-9(2)7-15-8-10/h6-8,11-13H,3-5,14H2,1-2H3. The van der Waals surface area contributed by atoms with E-state index in [1.807, 2.05) is 24.2 Å². The molecule has 1 aliphatic heterocycles. The van der Waals surface area contributed by atoms with E-state index in [9.17, 15) is 0 Å². The van der Waals surface area contributed by atoms with Crippen molar-refractivity contribution >= 4 is 23.5 Å². The molecule has 0 bridgehead atoms. The van der Waals surface area contributed by atoms with Gasteiger partial charge in [0.25, 0.3) is 0 Å². The van der Waals surface area contributed by atoms with E-state index in [4.69, 9.17) is 5.73 Å². The summed E-state index contributed by atoms with van der Waals surface area (Å²) in [4.78, 5) is 4.25. The average Bonchev–Trinajstić information content (AvgIpc) is 2.38. The van der Waals surface area contributed by atoms with Gasteiger partial charge in [0.1, 0.15) is 0 Å². The van der Waals surface area contributed by atoms with Crippen LogP contribution in [0.1, 0.15) is 30.5 Å². The largest absolute Gasteiger partial charge is 0.323 e. The highest BCUT2D eigenvalue weighted by atomic mass is 32.2. The van der Waals surface area contributed by atoms with Gasteiger partial charge < -0.3 is 5.73 Å². The smallest absolute Gasteiger partial charge is 0.0441 e. The Balaban J connectivity index is 2.15. The topological polar surface area (TPSA) is 38.9 Å². The Hall–Kier alpha value is -0.190. The summed E-state index contributed by atoms with van der Waals surface area (Å²) in [5.74, 6) is 2.48. The lowest BCUT2D eigenvalue weighted by Crippen LogP contribution is -2.35. The van der Waals surface area contributed by atoms with Crippen LogP contribution in [0, 0.1) is 6.92 Å². The van der Waals surface area contributed by atoms with Crippen LogP contribution >= 0.6 is 23.5 Å². The predicted octanol–water partition coefficient (Wildman–Crippen LogP) is 3.02. The second-order valence-electron chi connectivity index (χ2n) is 4.47. The molecule has 3 atom stereocenters. The van der Waals surface area contributed by atoms with Crippen molar-refractivity contribution in [3.8, 4) is 0 Å². The highest BCUT2D eigenvalue weighted by Gasteiger charge is 2.30. The van der Waals surface area contributed by atoms with Crippen LogP contribution in [-0.2, 0) is 0 Å². The van der Waals surface area contributed by atoms with Gasteiger partial charge in [0.2, 0.25) is 0 Å². The van der Waals surface area contributed by atoms with E-state index in [-0.39, 0.29) is 6.04 Å². The highest BCUT2D eigenvalue weighted by Crippen LogP contribution is 2.39. The lowest BCUT2D eigenvalue weighted by atomic mass is 10.0. The van der Waals surface area contributed by atoms with Crippen LogP contribution in [-0.4, -0.2) is 27.0 Å². The first-order valence-electron chi connectivity index (χ1n) is 6.12. The Morgan fingerprint density at radius 1 is 1.41 bits per heavy atom. The van der Waals surface area contributed by atoms with Gasteiger partial charge in [-0.25, -0.2) is 0 Å². The molecule has 0 amide bonds. The molecule has 2 nitrogen and oxygen atoms in total. The van der Waals surface area contributed by atoms with Gasteiger partial charge in [-0.2, -0.15) is 23.5 Å². The third kappa shape index (κ3) is 3.18. The third-order valence-electron chi connectivity index (χ3n) is 3.13. The zero-order valence-electron chi connectivity index (χ0n) is 10.4. The molecule has 1 aliphatic rings. The van der Waals surface area contributed by atoms with Crippen LogP contribution in [0.5, 0.6) is 0 Å². The summed E-state index contributed by atoms with van der Waals surface area (Å²) in [5, 5.41) is 1.21. The van der Waals surface area contributed by atoms with Crippen LogP contribution in [0.4, 0.5) is 0 Å². The normalized spacial score (nSPS) is 26.8. The molecule has 2 N–H and O–H groups in total. The summed E-state index contributed by atoms with van der Waals surface area (Å²) in [6.45, 7) is 4.33. The fraction of sp³-hybridized carbons (Fsp3) is 0.615. The van der Waals surface area contributed by atoms with Gasteiger partial charge in [-0.05, 0) is 24.5 Å². The van der Waals surface area contributed by atoms with E-state index in [1.165, 1.54) is 29.1 Å². The summed E-state index contributed by atoms with van der Waals surface area (Å²) >= 11 is 4.11. The van der Waals surface area contributed by atoms with Gasteiger partial charge in [-0.15, -0.1) is 0 Å². The maximum absolute atomic E-state index is 6.43. The molecule has 1 fully saturated rings. The molecule has 17 heavy (non-hydrogen) atoms. The summed E-state index contributed by atoms with van der Waals surface area (Å²) < 4.78 is 0. The number of aromatic nitrogens is 1. The molecule has 0 spiro atoms. The number of thioether (sulfide) groups is 2. The summed E-state index contributed by atoms with van der Waals surface area (Å²) in [6, 6.07) is 2.29. The van der Waals surface area contributed by atoms with Crippen molar-refractivity contribution in [1.29, 1.82) is 0 Å². The van der Waals surface area contributed by atoms with Gasteiger partial charge in [0.15, 0.2) is 0 Å². The van der Waals surface area contributed by atoms with E-state index >= 15 is 0 Å². The maximum Gasteiger partial charge on any atom is 0.0441 e. The van der Waals surface area contributed by atoms with Crippen molar-refractivity contribution < 1.29 is 0 Å². The van der Waals surface area contributed by atoms with Gasteiger partial charge in [-0.3, -0.25) is 4.98 Å². The number of hydrogen-bond acceptors (Lipinski definition) is 4. The molecule has 0 saturated carbocycles. The minimum absolute atomic E-state index is 0.116. The lowest BCUT2D eigenvalue weighted by molar-refractivity contribution is 0.628. The molecule has 2 rings (SSSR count). The van der Waals surface area contributed by atoms with Crippen molar-refractivity contribution in [2.45, 2.75) is 36.8 Å². The maximum atomic E-state index is 6.43. The fourth-order valence-corrected chi connectivity index (χ4v) is 5.40. The summed E-state index contributed by atoms with van der Waals surface area (Å²) in [7, 11) is 0. The molecule has 94 valence electrons. The quantitative estimate of drug-likeness (QED) is 0.914. The molecule has 1 aromatic heterocycles. The molecule has 4 heteroatoms. The molecule has 2 heterocycles. The van der Waals surface area contributed by atoms with Crippen LogP contribution in [0.25, 0.3) is 0 Å². The van der Waals surface area contributed by atoms with Crippen LogP contribution in [0.3, 0.4) is 0 Å². The molecule has 0 aromatic carbocycles. The first-order chi connectivity index (χ1) is 8.22. The number of nitrogens with zero attached hydrogens (tertiary/aromatic N) is 1. The third-order valence-corrected chi connectivity index (χ3v) is 6.50. The Kier molecular flexibility index (Phi) is 4.77. The van der Waals surface area contributed by atoms with E-state index in [1.54, 1.807) is 0 Å². The molecule has 3 unspecified atom stereocenters. The lowest BCUT2D eigenvalue weighted by Gasteiger charge is -2.34. The minimum Gasteiger partial charge on any atom is -0.323 e. The number of pyridine rings is 1. The SMILES string of the molecule is CCC1SCCSC1C(N)c1cncc(C)c1. The molecular weight excluding hydrogens is 248 g/mol. The van der Waals surface area contributed by atoms with Gasteiger partial charge in [-0.1, -0.05) is 13.0 Å². The first kappa shape index (κ1) is 13.2. The molecule has 1 saturated heterocycles. The second-order valence-corrected chi connectivity index (χ2v) is 7.11. The van der Waals surface area contributed by atoms with Crippen LogP contribution in [0.2, 0.25) is 0 Å². The zero-order chi connectivity index (χ0) is 12.3. The van der Waals surface area contributed by atoms with E-state index in [2.05, 4.69) is 36.7 Å². The van der Waals surface area contributed by atoms with Crippen LogP contribution < -0.4 is 5.73 Å². The summed E-state index contributed by atoms with van der Waals surface area (Å²) in [5.41, 5.74) is 8.81. The van der Waals surface area contributed by atoms with Gasteiger partial charge in [0.05, 0.1) is 0 Å². The fourth-order valence-electron chi connectivity index (χ4n) is 2.22. The van der Waals surface area contributed by atoms with Crippen LogP contribution in [0.15, 0.2) is 18.5 Å². The number of hydrogen-bond donors (Lipinski definition) is 1. The second kappa shape index (κ2) is 6.12. The highest BCUT2D eigenvalue weighted by molar-refractivity contribution is 8.07. The number of rotatable bonds is 3. The Morgan fingerprint density at radius 3 is 2.88 bits per heavy atom. The minimum atomic E-state index is 0.116. The molecule has 0 aliphatic carbocycles. The van der Waals surface area contributed by atoms with Crippen molar-refractivity contribution in [3.63, 3.8) is 0 Å². The Labute approximate surface area is 112 Å². The van der Waals surface area contributed by atoms with Crippen molar-refractivity contribution in [3.05, 3.63) is 29.6 Å². The van der Waals surface area contributed by atoms with Crippen molar-refractivity contribution in [2.75, 3.05) is 11.5 Å². The first-order valence-corrected chi connectivity index (χ1v) is 8.22. The molecule has 0 radical (unpaired) electrons. The molecular formula is C13H20N2S2. The van der Waals surface area contributed by atoms with Gasteiger partial charge >= 0.3 is 0 Å². The summed E-state index contributed by atoms with van der Waals surface area (Å²) in [6.07, 6.45) is 5.01. The number of nitrogens with two attached hydrogens (primary N) is 1. The predicted molar refractivity (Wildman–Crippen MR) is 78.7 cm³/mol. The van der Waals surface area contributed by atoms with Crippen molar-refractivity contribution in [2.24, 2.45) is 5.73 Å². The van der Waals surface area contributed by atoms with E-state index in [0.29, 0.717) is 10.5 Å². The van der Waals surface area contributed by atoms with Crippen molar-refractivity contribution in [1.82, 2.24) is 4.98 Å². The average molecular weight is 268 g/mol.